The maximum Gasteiger partial charge on any atom is 0.142 e. The Hall–Kier alpha value is -2.33. The summed E-state index contributed by atoms with van der Waals surface area (Å²) in [7, 11) is 0. The fourth-order valence-corrected chi connectivity index (χ4v) is 2.44. The molecule has 0 unspecified atom stereocenters. The highest BCUT2D eigenvalue weighted by Gasteiger charge is 2.13. The first-order valence-electron chi connectivity index (χ1n) is 6.66. The summed E-state index contributed by atoms with van der Waals surface area (Å²) >= 11 is 5.63. The van der Waals surface area contributed by atoms with E-state index in [0.29, 0.717) is 23.3 Å². The number of benzene rings is 3. The summed E-state index contributed by atoms with van der Waals surface area (Å²) in [6, 6.07) is 11.8. The van der Waals surface area contributed by atoms with Crippen LogP contribution in [0.25, 0.3) is 22.3 Å². The van der Waals surface area contributed by atoms with E-state index in [1.807, 2.05) is 0 Å². The molecule has 0 nitrogen and oxygen atoms in total. The molecule has 3 aromatic rings. The molecule has 0 fully saturated rings. The molecule has 0 saturated heterocycles. The SMILES string of the molecule is Fc1cc(F)c(-c2ccc(-c3ccc(Cl)c(F)c3)cc2)c(F)c1. The van der Waals surface area contributed by atoms with Gasteiger partial charge in [0, 0.05) is 12.1 Å². The molecule has 0 bridgehead atoms. The van der Waals surface area contributed by atoms with Crippen LogP contribution in [0.4, 0.5) is 17.6 Å². The lowest BCUT2D eigenvalue weighted by atomic mass is 9.99. The highest BCUT2D eigenvalue weighted by Crippen LogP contribution is 2.30. The van der Waals surface area contributed by atoms with Crippen molar-refractivity contribution >= 4 is 11.6 Å². The molecule has 23 heavy (non-hydrogen) atoms. The van der Waals surface area contributed by atoms with Crippen molar-refractivity contribution in [1.29, 1.82) is 0 Å². The third-order valence-electron chi connectivity index (χ3n) is 3.43. The number of hydrogen-bond acceptors (Lipinski definition) is 0. The normalized spacial score (nSPS) is 10.8. The van der Waals surface area contributed by atoms with Gasteiger partial charge < -0.3 is 0 Å². The van der Waals surface area contributed by atoms with Crippen LogP contribution in [-0.2, 0) is 0 Å². The van der Waals surface area contributed by atoms with Gasteiger partial charge in [-0.15, -0.1) is 0 Å². The van der Waals surface area contributed by atoms with Crippen LogP contribution in [0.1, 0.15) is 0 Å². The quantitative estimate of drug-likeness (QED) is 0.486. The molecule has 116 valence electrons. The standard InChI is InChI=1S/C18H9ClF4/c19-14-6-5-12(7-15(14)21)10-1-3-11(4-2-10)18-16(22)8-13(20)9-17(18)23/h1-9H. The summed E-state index contributed by atoms with van der Waals surface area (Å²) in [5.74, 6) is -3.48. The largest absolute Gasteiger partial charge is 0.207 e. The van der Waals surface area contributed by atoms with Crippen molar-refractivity contribution in [2.45, 2.75) is 0 Å². The molecule has 0 N–H and O–H groups in total. The fourth-order valence-electron chi connectivity index (χ4n) is 2.32. The summed E-state index contributed by atoms with van der Waals surface area (Å²) in [6.45, 7) is 0. The monoisotopic (exact) mass is 336 g/mol. The maximum atomic E-state index is 13.8. The molecule has 0 amide bonds. The average molecular weight is 337 g/mol. The van der Waals surface area contributed by atoms with E-state index in [4.69, 9.17) is 11.6 Å². The van der Waals surface area contributed by atoms with Crippen molar-refractivity contribution in [3.63, 3.8) is 0 Å². The molecule has 0 spiro atoms. The Morgan fingerprint density at radius 2 is 1.09 bits per heavy atom. The second kappa shape index (κ2) is 6.05. The van der Waals surface area contributed by atoms with Crippen molar-refractivity contribution in [2.75, 3.05) is 0 Å². The highest BCUT2D eigenvalue weighted by atomic mass is 35.5. The zero-order chi connectivity index (χ0) is 16.6. The number of halogens is 5. The Morgan fingerprint density at radius 3 is 1.65 bits per heavy atom. The van der Waals surface area contributed by atoms with Gasteiger partial charge in [-0.25, -0.2) is 17.6 Å². The molecule has 0 aliphatic rings. The maximum absolute atomic E-state index is 13.8. The van der Waals surface area contributed by atoms with Crippen LogP contribution in [-0.4, -0.2) is 0 Å². The van der Waals surface area contributed by atoms with E-state index in [0.717, 1.165) is 0 Å². The molecule has 0 aliphatic heterocycles. The van der Waals surface area contributed by atoms with Gasteiger partial charge in [-0.1, -0.05) is 41.9 Å². The van der Waals surface area contributed by atoms with E-state index in [-0.39, 0.29) is 16.1 Å². The lowest BCUT2D eigenvalue weighted by molar-refractivity contribution is 0.548. The highest BCUT2D eigenvalue weighted by molar-refractivity contribution is 6.30. The Bertz CT molecular complexity index is 850. The van der Waals surface area contributed by atoms with Gasteiger partial charge in [0.2, 0.25) is 0 Å². The zero-order valence-electron chi connectivity index (χ0n) is 11.6. The molecule has 0 aromatic heterocycles. The first kappa shape index (κ1) is 15.6. The minimum atomic E-state index is -0.979. The lowest BCUT2D eigenvalue weighted by Gasteiger charge is -2.08. The molecule has 3 aromatic carbocycles. The molecule has 0 aliphatic carbocycles. The van der Waals surface area contributed by atoms with Crippen LogP contribution in [0, 0.1) is 23.3 Å². The predicted molar refractivity (Wildman–Crippen MR) is 82.2 cm³/mol. The molecule has 0 atom stereocenters. The van der Waals surface area contributed by atoms with E-state index in [1.165, 1.54) is 24.3 Å². The van der Waals surface area contributed by atoms with E-state index >= 15 is 0 Å². The van der Waals surface area contributed by atoms with Crippen LogP contribution in [0.5, 0.6) is 0 Å². The minimum Gasteiger partial charge on any atom is -0.207 e. The van der Waals surface area contributed by atoms with Gasteiger partial charge in [0.15, 0.2) is 0 Å². The van der Waals surface area contributed by atoms with Crippen LogP contribution in [0.2, 0.25) is 5.02 Å². The topological polar surface area (TPSA) is 0 Å². The van der Waals surface area contributed by atoms with Crippen LogP contribution in [0.15, 0.2) is 54.6 Å². The summed E-state index contributed by atoms with van der Waals surface area (Å²) in [5, 5.41) is 0.0147. The molecular weight excluding hydrogens is 328 g/mol. The average Bonchev–Trinajstić information content (AvgIpc) is 2.50. The third-order valence-corrected chi connectivity index (χ3v) is 3.74. The molecule has 0 saturated carbocycles. The number of hydrogen-bond donors (Lipinski definition) is 0. The minimum absolute atomic E-state index is 0.0147. The first-order valence-corrected chi connectivity index (χ1v) is 7.04. The van der Waals surface area contributed by atoms with Crippen molar-refractivity contribution < 1.29 is 17.6 Å². The zero-order valence-corrected chi connectivity index (χ0v) is 12.3. The molecule has 3 rings (SSSR count). The first-order chi connectivity index (χ1) is 11.0. The molecule has 5 heteroatoms. The summed E-state index contributed by atoms with van der Waals surface area (Å²) in [6.07, 6.45) is 0. The Morgan fingerprint density at radius 1 is 0.565 bits per heavy atom. The smallest absolute Gasteiger partial charge is 0.142 e. The summed E-state index contributed by atoms with van der Waals surface area (Å²) in [5.41, 5.74) is 1.20. The Kier molecular flexibility index (Phi) is 4.09. The predicted octanol–water partition coefficient (Wildman–Crippen LogP) is 6.23. The van der Waals surface area contributed by atoms with Gasteiger partial charge in [-0.05, 0) is 28.8 Å². The van der Waals surface area contributed by atoms with Crippen LogP contribution in [0.3, 0.4) is 0 Å². The summed E-state index contributed by atoms with van der Waals surface area (Å²) < 4.78 is 54.0. The van der Waals surface area contributed by atoms with Gasteiger partial charge in [0.1, 0.15) is 23.3 Å². The van der Waals surface area contributed by atoms with Gasteiger partial charge in [-0.3, -0.25) is 0 Å². The third kappa shape index (κ3) is 3.08. The van der Waals surface area contributed by atoms with Crippen LogP contribution < -0.4 is 0 Å². The second-order valence-electron chi connectivity index (χ2n) is 4.95. The molecule has 0 radical (unpaired) electrons. The molecular formula is C18H9ClF4. The van der Waals surface area contributed by atoms with E-state index in [1.54, 1.807) is 18.2 Å². The Labute approximate surface area is 135 Å². The lowest BCUT2D eigenvalue weighted by Crippen LogP contribution is -1.92. The van der Waals surface area contributed by atoms with E-state index in [9.17, 15) is 17.6 Å². The molecule has 0 heterocycles. The number of rotatable bonds is 2. The van der Waals surface area contributed by atoms with Gasteiger partial charge in [-0.2, -0.15) is 0 Å². The van der Waals surface area contributed by atoms with Crippen molar-refractivity contribution in [1.82, 2.24) is 0 Å². The van der Waals surface area contributed by atoms with Crippen molar-refractivity contribution in [3.05, 3.63) is 82.9 Å². The fraction of sp³-hybridized carbons (Fsp3) is 0. The van der Waals surface area contributed by atoms with Crippen LogP contribution >= 0.6 is 11.6 Å². The van der Waals surface area contributed by atoms with E-state index in [2.05, 4.69) is 0 Å². The summed E-state index contributed by atoms with van der Waals surface area (Å²) in [4.78, 5) is 0. The van der Waals surface area contributed by atoms with Crippen molar-refractivity contribution in [3.8, 4) is 22.3 Å². The van der Waals surface area contributed by atoms with E-state index < -0.39 is 23.3 Å². The van der Waals surface area contributed by atoms with Gasteiger partial charge >= 0.3 is 0 Å². The second-order valence-corrected chi connectivity index (χ2v) is 5.36. The van der Waals surface area contributed by atoms with Crippen molar-refractivity contribution in [2.24, 2.45) is 0 Å². The Balaban J connectivity index is 2.01. The van der Waals surface area contributed by atoms with Gasteiger partial charge in [0.05, 0.1) is 10.6 Å². The van der Waals surface area contributed by atoms with Gasteiger partial charge in [0.25, 0.3) is 0 Å².